The van der Waals surface area contributed by atoms with Crippen molar-refractivity contribution in [1.29, 1.82) is 0 Å². The molecule has 1 atom stereocenters. The molecule has 1 fully saturated rings. The van der Waals surface area contributed by atoms with Crippen molar-refractivity contribution in [2.45, 2.75) is 40.2 Å². The maximum absolute atomic E-state index is 11.8. The minimum absolute atomic E-state index is 0.162. The van der Waals surface area contributed by atoms with Crippen LogP contribution in [0.15, 0.2) is 0 Å². The van der Waals surface area contributed by atoms with Gasteiger partial charge in [0, 0.05) is 19.1 Å². The first-order chi connectivity index (χ1) is 8.34. The van der Waals surface area contributed by atoms with Gasteiger partial charge in [-0.15, -0.1) is 5.06 Å². The first-order valence-corrected chi connectivity index (χ1v) is 6.76. The Morgan fingerprint density at radius 3 is 2.56 bits per heavy atom. The van der Waals surface area contributed by atoms with Crippen molar-refractivity contribution in [2.75, 3.05) is 32.7 Å². The molecule has 5 heteroatoms. The van der Waals surface area contributed by atoms with Crippen molar-refractivity contribution >= 4 is 5.97 Å². The highest BCUT2D eigenvalue weighted by atomic mass is 16.7. The number of carbonyl (C=O) groups is 1. The van der Waals surface area contributed by atoms with E-state index in [1.54, 1.807) is 5.06 Å². The van der Waals surface area contributed by atoms with Crippen molar-refractivity contribution < 1.29 is 9.63 Å². The predicted octanol–water partition coefficient (Wildman–Crippen LogP) is 0.846. The Bertz CT molecular complexity index is 276. The van der Waals surface area contributed by atoms with Crippen LogP contribution in [0.4, 0.5) is 0 Å². The lowest BCUT2D eigenvalue weighted by Gasteiger charge is -2.39. The van der Waals surface area contributed by atoms with Crippen LogP contribution in [0, 0.1) is 5.41 Å². The molecule has 1 rings (SSSR count). The maximum Gasteiger partial charge on any atom is 0.330 e. The van der Waals surface area contributed by atoms with Gasteiger partial charge in [-0.05, 0) is 47.2 Å². The fourth-order valence-electron chi connectivity index (χ4n) is 1.93. The Morgan fingerprint density at radius 1 is 1.39 bits per heavy atom. The predicted molar refractivity (Wildman–Crippen MR) is 71.8 cm³/mol. The molecule has 1 aliphatic rings. The summed E-state index contributed by atoms with van der Waals surface area (Å²) in [6, 6.07) is 0.401. The van der Waals surface area contributed by atoms with Gasteiger partial charge in [0.05, 0.1) is 12.0 Å². The normalized spacial score (nSPS) is 23.1. The lowest BCUT2D eigenvalue weighted by Crippen LogP contribution is -2.53. The summed E-state index contributed by atoms with van der Waals surface area (Å²) in [5, 5.41) is 1.79. The van der Waals surface area contributed by atoms with E-state index < -0.39 is 5.41 Å². The summed E-state index contributed by atoms with van der Waals surface area (Å²) in [6.07, 6.45) is 1.02. The molecule has 0 saturated carbocycles. The number of rotatable bonds is 4. The van der Waals surface area contributed by atoms with E-state index in [1.807, 2.05) is 20.8 Å². The van der Waals surface area contributed by atoms with Gasteiger partial charge in [0.1, 0.15) is 0 Å². The fraction of sp³-hybridized carbons (Fsp3) is 0.923. The van der Waals surface area contributed by atoms with Gasteiger partial charge in [-0.2, -0.15) is 0 Å². The Hall–Kier alpha value is -0.650. The minimum atomic E-state index is -0.445. The Morgan fingerprint density at radius 2 is 2.06 bits per heavy atom. The van der Waals surface area contributed by atoms with Crippen LogP contribution in [-0.4, -0.2) is 54.7 Å². The van der Waals surface area contributed by atoms with Crippen LogP contribution >= 0.6 is 0 Å². The molecule has 1 heterocycles. The van der Waals surface area contributed by atoms with Crippen LogP contribution in [-0.2, 0) is 9.63 Å². The Kier molecular flexibility index (Phi) is 5.56. The largest absolute Gasteiger partial charge is 0.367 e. The molecule has 0 aromatic heterocycles. The lowest BCUT2D eigenvalue weighted by molar-refractivity contribution is -0.210. The summed E-state index contributed by atoms with van der Waals surface area (Å²) in [5.41, 5.74) is 5.08. The van der Waals surface area contributed by atoms with E-state index in [0.717, 1.165) is 39.1 Å². The van der Waals surface area contributed by atoms with E-state index in [2.05, 4.69) is 11.8 Å². The smallest absolute Gasteiger partial charge is 0.330 e. The highest BCUT2D eigenvalue weighted by Gasteiger charge is 2.30. The first-order valence-electron chi connectivity index (χ1n) is 6.76. The highest BCUT2D eigenvalue weighted by molar-refractivity contribution is 5.75. The van der Waals surface area contributed by atoms with Gasteiger partial charge in [0.25, 0.3) is 0 Å². The quantitative estimate of drug-likeness (QED) is 0.809. The van der Waals surface area contributed by atoms with Gasteiger partial charge in [-0.3, -0.25) is 4.90 Å². The monoisotopic (exact) mass is 257 g/mol. The van der Waals surface area contributed by atoms with E-state index in [0.29, 0.717) is 6.04 Å². The second-order valence-electron chi connectivity index (χ2n) is 6.04. The summed E-state index contributed by atoms with van der Waals surface area (Å²) in [4.78, 5) is 19.6. The molecule has 1 aliphatic heterocycles. The topological polar surface area (TPSA) is 58.8 Å². The molecule has 0 aromatic carbocycles. The highest BCUT2D eigenvalue weighted by Crippen LogP contribution is 2.18. The molecule has 0 bridgehead atoms. The summed E-state index contributed by atoms with van der Waals surface area (Å²) in [7, 11) is 0. The van der Waals surface area contributed by atoms with E-state index in [4.69, 9.17) is 10.6 Å². The molecule has 106 valence electrons. The summed E-state index contributed by atoms with van der Waals surface area (Å²) in [6.45, 7) is 12.0. The van der Waals surface area contributed by atoms with Crippen molar-refractivity contribution in [3.63, 3.8) is 0 Å². The van der Waals surface area contributed by atoms with Gasteiger partial charge in [-0.1, -0.05) is 0 Å². The molecule has 0 amide bonds. The SMILES string of the molecule is CC1CN(OC(=O)C(C)(C)C)CCN1CCCN. The second-order valence-corrected chi connectivity index (χ2v) is 6.04. The molecule has 5 nitrogen and oxygen atoms in total. The number of hydrogen-bond donors (Lipinski definition) is 1. The second kappa shape index (κ2) is 6.50. The molecule has 1 unspecified atom stereocenters. The van der Waals surface area contributed by atoms with Gasteiger partial charge < -0.3 is 10.6 Å². The molecule has 2 N–H and O–H groups in total. The first kappa shape index (κ1) is 15.4. The van der Waals surface area contributed by atoms with Gasteiger partial charge >= 0.3 is 5.97 Å². The standard InChI is InChI=1S/C13H27N3O2/c1-11-10-16(18-12(17)13(2,3)4)9-8-15(11)7-5-6-14/h11H,5-10,14H2,1-4H3. The van der Waals surface area contributed by atoms with E-state index in [1.165, 1.54) is 0 Å². The molecular formula is C13H27N3O2. The summed E-state index contributed by atoms with van der Waals surface area (Å²) >= 11 is 0. The van der Waals surface area contributed by atoms with E-state index in [9.17, 15) is 4.79 Å². The average Bonchev–Trinajstić information content (AvgIpc) is 2.26. The van der Waals surface area contributed by atoms with Gasteiger partial charge in [-0.25, -0.2) is 4.79 Å². The van der Waals surface area contributed by atoms with Gasteiger partial charge in [0.15, 0.2) is 0 Å². The minimum Gasteiger partial charge on any atom is -0.367 e. The van der Waals surface area contributed by atoms with E-state index in [-0.39, 0.29) is 5.97 Å². The van der Waals surface area contributed by atoms with Crippen molar-refractivity contribution in [1.82, 2.24) is 9.96 Å². The molecule has 0 aromatic rings. The Labute approximate surface area is 110 Å². The van der Waals surface area contributed by atoms with Crippen LogP contribution in [0.3, 0.4) is 0 Å². The summed E-state index contributed by atoms with van der Waals surface area (Å²) < 4.78 is 0. The number of nitrogens with zero attached hydrogens (tertiary/aromatic N) is 2. The number of nitrogens with two attached hydrogens (primary N) is 1. The van der Waals surface area contributed by atoms with Crippen molar-refractivity contribution in [3.8, 4) is 0 Å². The molecule has 18 heavy (non-hydrogen) atoms. The zero-order valence-electron chi connectivity index (χ0n) is 12.1. The number of hydrogen-bond acceptors (Lipinski definition) is 5. The zero-order chi connectivity index (χ0) is 13.8. The third kappa shape index (κ3) is 4.55. The summed E-state index contributed by atoms with van der Waals surface area (Å²) in [5.74, 6) is -0.162. The third-order valence-corrected chi connectivity index (χ3v) is 3.20. The molecule has 0 spiro atoms. The van der Waals surface area contributed by atoms with Crippen molar-refractivity contribution in [2.24, 2.45) is 11.1 Å². The molecule has 0 radical (unpaired) electrons. The molecular weight excluding hydrogens is 230 g/mol. The van der Waals surface area contributed by atoms with Gasteiger partial charge in [0.2, 0.25) is 0 Å². The number of carbonyl (C=O) groups excluding carboxylic acids is 1. The van der Waals surface area contributed by atoms with Crippen LogP contribution in [0.25, 0.3) is 0 Å². The van der Waals surface area contributed by atoms with E-state index >= 15 is 0 Å². The average molecular weight is 257 g/mol. The van der Waals surface area contributed by atoms with Crippen LogP contribution in [0.1, 0.15) is 34.1 Å². The van der Waals surface area contributed by atoms with Crippen LogP contribution in [0.5, 0.6) is 0 Å². The number of piperazine rings is 1. The lowest BCUT2D eigenvalue weighted by atomic mass is 9.98. The van der Waals surface area contributed by atoms with Crippen molar-refractivity contribution in [3.05, 3.63) is 0 Å². The fourth-order valence-corrected chi connectivity index (χ4v) is 1.93. The van der Waals surface area contributed by atoms with Crippen LogP contribution in [0.2, 0.25) is 0 Å². The molecule has 1 saturated heterocycles. The van der Waals surface area contributed by atoms with Crippen LogP contribution < -0.4 is 5.73 Å². The molecule has 0 aliphatic carbocycles. The number of hydroxylamine groups is 2. The third-order valence-electron chi connectivity index (χ3n) is 3.20. The zero-order valence-corrected chi connectivity index (χ0v) is 12.1. The maximum atomic E-state index is 11.8. The Balaban J connectivity index is 2.39.